The number of aromatic carboxylic acids is 1. The lowest BCUT2D eigenvalue weighted by atomic mass is 10.1. The van der Waals surface area contributed by atoms with E-state index in [1.807, 2.05) is 6.26 Å². The Morgan fingerprint density at radius 3 is 2.79 bits per heavy atom. The summed E-state index contributed by atoms with van der Waals surface area (Å²) in [6.45, 7) is 0.451. The predicted octanol–water partition coefficient (Wildman–Crippen LogP) is 2.60. The lowest BCUT2D eigenvalue weighted by Crippen LogP contribution is -2.09. The number of halogens is 1. The Hall–Kier alpha value is -1.83. The highest BCUT2D eigenvalue weighted by atomic mass is 32.2. The summed E-state index contributed by atoms with van der Waals surface area (Å²) in [6.07, 6.45) is 2.70. The molecule has 8 heteroatoms. The number of nitrogens with one attached hydrogen (secondary N) is 1. The molecule has 0 unspecified atom stereocenters. The number of hydrogen-bond acceptors (Lipinski definition) is 5. The van der Waals surface area contributed by atoms with E-state index < -0.39 is 28.0 Å². The van der Waals surface area contributed by atoms with Crippen molar-refractivity contribution in [1.29, 1.82) is 0 Å². The van der Waals surface area contributed by atoms with Gasteiger partial charge in [-0.15, -0.1) is 0 Å². The Bertz CT molecular complexity index is 496. The van der Waals surface area contributed by atoms with Crippen molar-refractivity contribution in [2.24, 2.45) is 0 Å². The second-order valence-electron chi connectivity index (χ2n) is 3.68. The topological polar surface area (TPSA) is 92.5 Å². The molecule has 0 saturated carbocycles. The quantitative estimate of drug-likeness (QED) is 0.455. The number of nitrogens with zero attached hydrogens (tertiary/aromatic N) is 1. The summed E-state index contributed by atoms with van der Waals surface area (Å²) in [4.78, 5) is 20.8. The van der Waals surface area contributed by atoms with Crippen LogP contribution in [0.2, 0.25) is 0 Å². The minimum absolute atomic E-state index is 0.0184. The highest BCUT2D eigenvalue weighted by Crippen LogP contribution is 2.27. The van der Waals surface area contributed by atoms with Gasteiger partial charge >= 0.3 is 5.97 Å². The van der Waals surface area contributed by atoms with E-state index in [4.69, 9.17) is 5.11 Å². The average molecular weight is 288 g/mol. The van der Waals surface area contributed by atoms with Gasteiger partial charge < -0.3 is 10.4 Å². The van der Waals surface area contributed by atoms with Gasteiger partial charge in [-0.1, -0.05) is 0 Å². The highest BCUT2D eigenvalue weighted by molar-refractivity contribution is 7.98. The molecule has 0 amide bonds. The molecule has 0 aromatic heterocycles. The summed E-state index contributed by atoms with van der Waals surface area (Å²) in [5.74, 6) is -1.71. The molecule has 0 spiro atoms. The van der Waals surface area contributed by atoms with Gasteiger partial charge in [-0.05, 0) is 24.5 Å². The molecule has 0 saturated heterocycles. The molecule has 0 aliphatic rings. The third-order valence-electron chi connectivity index (χ3n) is 2.35. The number of nitro groups is 1. The zero-order valence-electron chi connectivity index (χ0n) is 10.2. The summed E-state index contributed by atoms with van der Waals surface area (Å²) in [6, 6.07) is 1.58. The maximum absolute atomic E-state index is 13.4. The minimum atomic E-state index is -1.46. The fourth-order valence-electron chi connectivity index (χ4n) is 1.46. The molecule has 1 rings (SSSR count). The number of carboxylic acids is 1. The van der Waals surface area contributed by atoms with Crippen LogP contribution in [0, 0.1) is 15.9 Å². The molecule has 6 nitrogen and oxygen atoms in total. The maximum Gasteiger partial charge on any atom is 0.338 e. The Balaban J connectivity index is 3.01. The molecular weight excluding hydrogens is 275 g/mol. The fraction of sp³-hybridized carbons (Fsp3) is 0.364. The van der Waals surface area contributed by atoms with Crippen molar-refractivity contribution in [1.82, 2.24) is 0 Å². The largest absolute Gasteiger partial charge is 0.478 e. The van der Waals surface area contributed by atoms with Crippen LogP contribution < -0.4 is 5.32 Å². The van der Waals surface area contributed by atoms with Gasteiger partial charge in [-0.25, -0.2) is 9.18 Å². The van der Waals surface area contributed by atoms with E-state index in [1.54, 1.807) is 11.8 Å². The van der Waals surface area contributed by atoms with Crippen LogP contribution >= 0.6 is 11.8 Å². The zero-order valence-corrected chi connectivity index (χ0v) is 11.0. The van der Waals surface area contributed by atoms with E-state index in [2.05, 4.69) is 5.32 Å². The zero-order chi connectivity index (χ0) is 14.4. The van der Waals surface area contributed by atoms with Crippen LogP contribution in [-0.2, 0) is 0 Å². The van der Waals surface area contributed by atoms with Gasteiger partial charge in [0.1, 0.15) is 11.5 Å². The van der Waals surface area contributed by atoms with Crippen LogP contribution in [0.25, 0.3) is 0 Å². The van der Waals surface area contributed by atoms with Crippen molar-refractivity contribution in [2.75, 3.05) is 23.9 Å². The van der Waals surface area contributed by atoms with E-state index in [1.165, 1.54) is 0 Å². The van der Waals surface area contributed by atoms with Crippen LogP contribution in [-0.4, -0.2) is 34.6 Å². The lowest BCUT2D eigenvalue weighted by Gasteiger charge is -2.08. The monoisotopic (exact) mass is 288 g/mol. The van der Waals surface area contributed by atoms with Crippen molar-refractivity contribution in [3.05, 3.63) is 33.6 Å². The van der Waals surface area contributed by atoms with Gasteiger partial charge in [-0.2, -0.15) is 11.8 Å². The van der Waals surface area contributed by atoms with Crippen LogP contribution in [0.1, 0.15) is 16.8 Å². The van der Waals surface area contributed by atoms with Crippen molar-refractivity contribution < 1.29 is 19.2 Å². The summed E-state index contributed by atoms with van der Waals surface area (Å²) >= 11 is 1.63. The smallest absolute Gasteiger partial charge is 0.338 e. The van der Waals surface area contributed by atoms with Crippen LogP contribution in [0.3, 0.4) is 0 Å². The molecule has 2 N–H and O–H groups in total. The molecule has 0 bridgehead atoms. The molecule has 0 fully saturated rings. The molecule has 0 heterocycles. The highest BCUT2D eigenvalue weighted by Gasteiger charge is 2.21. The number of anilines is 1. The van der Waals surface area contributed by atoms with Crippen molar-refractivity contribution in [2.45, 2.75) is 6.42 Å². The first kappa shape index (κ1) is 15.2. The van der Waals surface area contributed by atoms with E-state index in [9.17, 15) is 19.3 Å². The molecule has 0 aliphatic heterocycles. The van der Waals surface area contributed by atoms with Gasteiger partial charge in [-0.3, -0.25) is 10.1 Å². The minimum Gasteiger partial charge on any atom is -0.478 e. The van der Waals surface area contributed by atoms with Crippen LogP contribution in [0.5, 0.6) is 0 Å². The summed E-state index contributed by atoms with van der Waals surface area (Å²) in [5, 5.41) is 22.3. The van der Waals surface area contributed by atoms with E-state index >= 15 is 0 Å². The van der Waals surface area contributed by atoms with Gasteiger partial charge in [0.15, 0.2) is 0 Å². The van der Waals surface area contributed by atoms with Gasteiger partial charge in [0, 0.05) is 6.54 Å². The Labute approximate surface area is 113 Å². The van der Waals surface area contributed by atoms with E-state index in [0.717, 1.165) is 18.2 Å². The summed E-state index contributed by atoms with van der Waals surface area (Å²) in [7, 11) is 0. The van der Waals surface area contributed by atoms with Gasteiger partial charge in [0.25, 0.3) is 5.69 Å². The number of carboxylic acid groups (broad SMARTS) is 1. The number of benzene rings is 1. The van der Waals surface area contributed by atoms with E-state index in [-0.39, 0.29) is 5.69 Å². The Kier molecular flexibility index (Phi) is 5.56. The first-order chi connectivity index (χ1) is 8.97. The number of hydrogen-bond donors (Lipinski definition) is 2. The molecule has 0 radical (unpaired) electrons. The summed E-state index contributed by atoms with van der Waals surface area (Å²) < 4.78 is 13.4. The molecule has 1 aromatic carbocycles. The number of nitro benzene ring substituents is 1. The fourth-order valence-corrected chi connectivity index (χ4v) is 1.89. The van der Waals surface area contributed by atoms with Crippen molar-refractivity contribution in [3.8, 4) is 0 Å². The Morgan fingerprint density at radius 2 is 2.26 bits per heavy atom. The number of thioether (sulfide) groups is 1. The first-order valence-electron chi connectivity index (χ1n) is 5.41. The number of carbonyl (C=O) groups is 1. The first-order valence-corrected chi connectivity index (χ1v) is 6.80. The van der Waals surface area contributed by atoms with Gasteiger partial charge in [0.2, 0.25) is 0 Å². The lowest BCUT2D eigenvalue weighted by molar-refractivity contribution is -0.384. The molecular formula is C11H13FN2O4S. The predicted molar refractivity (Wildman–Crippen MR) is 71.5 cm³/mol. The molecule has 19 heavy (non-hydrogen) atoms. The molecule has 0 aliphatic carbocycles. The molecule has 0 atom stereocenters. The summed E-state index contributed by atoms with van der Waals surface area (Å²) in [5.41, 5.74) is -1.03. The Morgan fingerprint density at radius 1 is 1.58 bits per heavy atom. The molecule has 104 valence electrons. The molecule has 1 aromatic rings. The standard InChI is InChI=1S/C11H13FN2O4S/c1-19-4-2-3-13-9-5-7(11(15)16)8(12)6-10(9)14(17)18/h5-6,13H,2-4H2,1H3,(H,15,16). The van der Waals surface area contributed by atoms with Gasteiger partial charge in [0.05, 0.1) is 16.6 Å². The maximum atomic E-state index is 13.4. The van der Waals surface area contributed by atoms with Crippen LogP contribution in [0.4, 0.5) is 15.8 Å². The second kappa shape index (κ2) is 6.93. The van der Waals surface area contributed by atoms with Crippen molar-refractivity contribution >= 4 is 29.1 Å². The number of rotatable bonds is 7. The third kappa shape index (κ3) is 4.09. The normalized spacial score (nSPS) is 10.2. The average Bonchev–Trinajstić information content (AvgIpc) is 2.35. The van der Waals surface area contributed by atoms with E-state index in [0.29, 0.717) is 12.6 Å². The SMILES string of the molecule is CSCCCNc1cc(C(=O)O)c(F)cc1[N+](=O)[O-]. The third-order valence-corrected chi connectivity index (χ3v) is 3.05. The van der Waals surface area contributed by atoms with Crippen molar-refractivity contribution in [3.63, 3.8) is 0 Å². The van der Waals surface area contributed by atoms with Crippen LogP contribution in [0.15, 0.2) is 12.1 Å². The second-order valence-corrected chi connectivity index (χ2v) is 4.67.